The molecule has 266 valence electrons. The van der Waals surface area contributed by atoms with Crippen LogP contribution >= 0.6 is 23.5 Å². The molecule has 0 unspecified atom stereocenters. The Morgan fingerprint density at radius 2 is 0.800 bits per heavy atom. The molecule has 0 N–H and O–H groups in total. The monoisotopic (exact) mass is 742 g/mol. The number of hydrogen-bond donors (Lipinski definition) is 0. The Morgan fingerprint density at radius 1 is 0.436 bits per heavy atom. The van der Waals surface area contributed by atoms with Gasteiger partial charge in [-0.05, 0) is 95.3 Å². The lowest BCUT2D eigenvalue weighted by molar-refractivity contribution is 0.587. The fraction of sp³-hybridized carbons (Fsp3) is 0.192. The van der Waals surface area contributed by atoms with Crippen LogP contribution < -0.4 is 16.4 Å². The highest BCUT2D eigenvalue weighted by Crippen LogP contribution is 2.56. The molecule has 0 atom stereocenters. The van der Waals surface area contributed by atoms with Crippen LogP contribution in [0.25, 0.3) is 44.5 Å². The minimum atomic E-state index is -0.0958. The fourth-order valence-corrected chi connectivity index (χ4v) is 13.3. The lowest BCUT2D eigenvalue weighted by Gasteiger charge is -2.36. The molecule has 0 saturated carbocycles. The van der Waals surface area contributed by atoms with Gasteiger partial charge in [0.2, 0.25) is 6.71 Å². The van der Waals surface area contributed by atoms with Crippen LogP contribution in [0.3, 0.4) is 0 Å². The Balaban J connectivity index is 1.16. The van der Waals surface area contributed by atoms with E-state index in [2.05, 4.69) is 182 Å². The molecule has 0 saturated heterocycles. The molecule has 55 heavy (non-hydrogen) atoms. The zero-order chi connectivity index (χ0) is 37.6. The van der Waals surface area contributed by atoms with Crippen LogP contribution in [0.15, 0.2) is 153 Å². The quantitative estimate of drug-likeness (QED) is 0.162. The topological polar surface area (TPSA) is 0 Å². The molecule has 0 bridgehead atoms. The van der Waals surface area contributed by atoms with E-state index in [9.17, 15) is 0 Å². The summed E-state index contributed by atoms with van der Waals surface area (Å²) in [5.74, 6) is 0. The molecular weight excluding hydrogens is 700 g/mol. The zero-order valence-electron chi connectivity index (χ0n) is 32.6. The fourth-order valence-electron chi connectivity index (χ4n) is 10.5. The maximum atomic E-state index is 2.52. The van der Waals surface area contributed by atoms with Gasteiger partial charge in [0.1, 0.15) is 0 Å². The number of rotatable bonds is 2. The van der Waals surface area contributed by atoms with E-state index in [1.807, 2.05) is 23.5 Å². The van der Waals surface area contributed by atoms with E-state index >= 15 is 0 Å². The van der Waals surface area contributed by atoms with Crippen molar-refractivity contribution in [3.8, 4) is 44.5 Å². The van der Waals surface area contributed by atoms with E-state index in [1.54, 1.807) is 0 Å². The van der Waals surface area contributed by atoms with E-state index in [0.717, 1.165) is 0 Å². The SMILES string of the molecule is CC(C)(C)c1cc2c3c(c1)Sc1c(cccc1-c1cccc4c1C(C)(C)c1ccccc1-4)B3c1cccc(-c3cccc4c3C(C)(C)c3ccccc3-4)c1S2. The normalized spacial score (nSPS) is 16.0. The Bertz CT molecular complexity index is 2630. The lowest BCUT2D eigenvalue weighted by atomic mass is 9.36. The summed E-state index contributed by atoms with van der Waals surface area (Å²) in [6.45, 7) is 16.9. The van der Waals surface area contributed by atoms with Crippen molar-refractivity contribution in [2.75, 3.05) is 0 Å². The largest absolute Gasteiger partial charge is 0.247 e. The molecule has 2 heterocycles. The number of hydrogen-bond acceptors (Lipinski definition) is 2. The van der Waals surface area contributed by atoms with Crippen molar-refractivity contribution in [1.82, 2.24) is 0 Å². The van der Waals surface area contributed by atoms with Crippen LogP contribution in [-0.4, -0.2) is 6.71 Å². The van der Waals surface area contributed by atoms with Gasteiger partial charge < -0.3 is 0 Å². The van der Waals surface area contributed by atoms with E-state index in [1.165, 1.54) is 108 Å². The molecule has 2 aliphatic heterocycles. The summed E-state index contributed by atoms with van der Waals surface area (Å²) < 4.78 is 0. The Hall–Kier alpha value is -4.70. The zero-order valence-corrected chi connectivity index (χ0v) is 34.2. The van der Waals surface area contributed by atoms with E-state index in [0.29, 0.717) is 0 Å². The maximum Gasteiger partial charge on any atom is 0.247 e. The first-order chi connectivity index (χ1) is 26.4. The van der Waals surface area contributed by atoms with Gasteiger partial charge in [-0.15, -0.1) is 0 Å². The molecule has 4 aliphatic rings. The minimum absolute atomic E-state index is 0.0217. The molecule has 0 aromatic heterocycles. The summed E-state index contributed by atoms with van der Waals surface area (Å²) in [5.41, 5.74) is 22.2. The van der Waals surface area contributed by atoms with Gasteiger partial charge in [-0.1, -0.05) is 204 Å². The third kappa shape index (κ3) is 4.57. The average Bonchev–Trinajstić information content (AvgIpc) is 3.57. The molecule has 0 fully saturated rings. The molecule has 3 heteroatoms. The molecule has 11 rings (SSSR count). The van der Waals surface area contributed by atoms with Crippen molar-refractivity contribution >= 4 is 46.6 Å². The third-order valence-electron chi connectivity index (χ3n) is 13.1. The summed E-state index contributed by atoms with van der Waals surface area (Å²) in [7, 11) is 0. The standard InChI is InChI=1S/C52H43BS2/c1-50(2,3)30-28-43-47-44(29-30)55-49-38(36-21-13-19-34-32-17-9-11-25-40(32)52(6,7)46(34)36)23-15-27-42(49)53(47)41-26-14-22-37(48(41)54-43)35-20-12-18-33-31-16-8-10-24-39(31)51(4,5)45(33)35/h8-29H,1-7H3. The van der Waals surface area contributed by atoms with Crippen molar-refractivity contribution < 1.29 is 0 Å². The number of benzene rings is 7. The summed E-state index contributed by atoms with van der Waals surface area (Å²) in [6, 6.07) is 51.4. The summed E-state index contributed by atoms with van der Waals surface area (Å²) in [4.78, 5) is 5.61. The first-order valence-corrected chi connectivity index (χ1v) is 21.4. The van der Waals surface area contributed by atoms with Gasteiger partial charge in [-0.25, -0.2) is 0 Å². The van der Waals surface area contributed by atoms with Gasteiger partial charge in [-0.2, -0.15) is 0 Å². The maximum absolute atomic E-state index is 2.52. The van der Waals surface area contributed by atoms with Crippen LogP contribution in [-0.2, 0) is 16.2 Å². The second-order valence-electron chi connectivity index (χ2n) is 18.0. The van der Waals surface area contributed by atoms with Crippen molar-refractivity contribution in [3.63, 3.8) is 0 Å². The van der Waals surface area contributed by atoms with Crippen molar-refractivity contribution in [1.29, 1.82) is 0 Å². The number of fused-ring (bicyclic) bond motifs is 10. The first-order valence-electron chi connectivity index (χ1n) is 19.7. The highest BCUT2D eigenvalue weighted by Gasteiger charge is 2.44. The molecule has 0 nitrogen and oxygen atoms in total. The van der Waals surface area contributed by atoms with Crippen molar-refractivity contribution in [3.05, 3.63) is 161 Å². The molecule has 7 aromatic carbocycles. The molecule has 0 amide bonds. The highest BCUT2D eigenvalue weighted by molar-refractivity contribution is 8.01. The smallest absolute Gasteiger partial charge is 0.0905 e. The average molecular weight is 743 g/mol. The van der Waals surface area contributed by atoms with Gasteiger partial charge in [0, 0.05) is 30.4 Å². The first kappa shape index (κ1) is 33.6. The predicted molar refractivity (Wildman–Crippen MR) is 237 cm³/mol. The van der Waals surface area contributed by atoms with E-state index in [4.69, 9.17) is 0 Å². The minimum Gasteiger partial charge on any atom is -0.0905 e. The summed E-state index contributed by atoms with van der Waals surface area (Å²) in [6.07, 6.45) is 0. The highest BCUT2D eigenvalue weighted by atomic mass is 32.2. The van der Waals surface area contributed by atoms with Crippen LogP contribution in [0, 0.1) is 0 Å². The molecular formula is C52H43BS2. The molecule has 7 aromatic rings. The summed E-state index contributed by atoms with van der Waals surface area (Å²) in [5, 5.41) is 0. The van der Waals surface area contributed by atoms with E-state index in [-0.39, 0.29) is 23.0 Å². The van der Waals surface area contributed by atoms with Crippen molar-refractivity contribution in [2.45, 2.75) is 84.3 Å². The molecule has 0 spiro atoms. The Morgan fingerprint density at radius 3 is 1.24 bits per heavy atom. The lowest BCUT2D eigenvalue weighted by Crippen LogP contribution is -2.58. The second-order valence-corrected chi connectivity index (χ2v) is 20.1. The molecule has 0 radical (unpaired) electrons. The van der Waals surface area contributed by atoms with Crippen LogP contribution in [0.4, 0.5) is 0 Å². The molecule has 2 aliphatic carbocycles. The van der Waals surface area contributed by atoms with E-state index < -0.39 is 0 Å². The van der Waals surface area contributed by atoms with Gasteiger partial charge >= 0.3 is 0 Å². The van der Waals surface area contributed by atoms with Crippen molar-refractivity contribution in [2.24, 2.45) is 0 Å². The van der Waals surface area contributed by atoms with Gasteiger partial charge in [0.05, 0.1) is 0 Å². The second kappa shape index (κ2) is 11.4. The summed E-state index contributed by atoms with van der Waals surface area (Å²) >= 11 is 4.00. The van der Waals surface area contributed by atoms with Crippen LogP contribution in [0.2, 0.25) is 0 Å². The Kier molecular flexibility index (Phi) is 6.99. The third-order valence-corrected chi connectivity index (χ3v) is 15.6. The predicted octanol–water partition coefficient (Wildman–Crippen LogP) is 12.4. The van der Waals surface area contributed by atoms with Gasteiger partial charge in [-0.3, -0.25) is 0 Å². The van der Waals surface area contributed by atoms with Crippen LogP contribution in [0.5, 0.6) is 0 Å². The van der Waals surface area contributed by atoms with Gasteiger partial charge in [0.25, 0.3) is 0 Å². The van der Waals surface area contributed by atoms with Gasteiger partial charge in [0.15, 0.2) is 0 Å². The Labute approximate surface area is 334 Å². The van der Waals surface area contributed by atoms with Crippen LogP contribution in [0.1, 0.15) is 76.3 Å².